The van der Waals surface area contributed by atoms with Crippen molar-refractivity contribution in [3.63, 3.8) is 0 Å². The lowest BCUT2D eigenvalue weighted by atomic mass is 10.2. The molecule has 0 unspecified atom stereocenters. The highest BCUT2D eigenvalue weighted by Gasteiger charge is 2.10. The first-order valence-corrected chi connectivity index (χ1v) is 8.72. The van der Waals surface area contributed by atoms with Crippen LogP contribution in [0.4, 0.5) is 10.5 Å². The molecule has 1 saturated heterocycles. The number of aromatic nitrogens is 2. The van der Waals surface area contributed by atoms with Crippen LogP contribution in [0.15, 0.2) is 18.2 Å². The van der Waals surface area contributed by atoms with Crippen molar-refractivity contribution in [3.05, 3.63) is 29.6 Å². The molecule has 134 valence electrons. The summed E-state index contributed by atoms with van der Waals surface area (Å²) >= 11 is 0. The minimum absolute atomic E-state index is 0.196. The number of hydrogen-bond donors (Lipinski definition) is 2. The van der Waals surface area contributed by atoms with Crippen LogP contribution in [0, 0.1) is 13.8 Å². The van der Waals surface area contributed by atoms with E-state index in [1.54, 1.807) is 0 Å². The number of aryl methyl sites for hydroxylation is 2. The van der Waals surface area contributed by atoms with Gasteiger partial charge in [0, 0.05) is 25.3 Å². The molecular weight excluding hydrogens is 318 g/mol. The monoisotopic (exact) mass is 343 g/mol. The van der Waals surface area contributed by atoms with Crippen LogP contribution in [0.1, 0.15) is 17.8 Å². The number of fused-ring (bicyclic) bond motifs is 1. The molecule has 1 aromatic carbocycles. The number of anilines is 1. The summed E-state index contributed by atoms with van der Waals surface area (Å²) in [7, 11) is 0. The van der Waals surface area contributed by atoms with Crippen LogP contribution in [-0.4, -0.2) is 60.3 Å². The van der Waals surface area contributed by atoms with E-state index >= 15 is 0 Å². The van der Waals surface area contributed by atoms with Crippen LogP contribution in [0.3, 0.4) is 0 Å². The van der Waals surface area contributed by atoms with Crippen LogP contribution < -0.4 is 10.6 Å². The number of hydrogen-bond acceptors (Lipinski definition) is 5. The molecule has 2 amide bonds. The van der Waals surface area contributed by atoms with Gasteiger partial charge in [0.2, 0.25) is 0 Å². The standard InChI is InChI=1S/C18H25N5O2/c1-13-14(2)21-17-12-15(4-5-16(17)20-13)22-18(24)19-6-3-7-23-8-10-25-11-9-23/h4-5,12H,3,6-11H2,1-2H3,(H2,19,22,24). The Hall–Kier alpha value is -2.25. The average Bonchev–Trinajstić information content (AvgIpc) is 2.61. The molecule has 2 aromatic rings. The van der Waals surface area contributed by atoms with E-state index < -0.39 is 0 Å². The molecule has 1 aliphatic heterocycles. The maximum absolute atomic E-state index is 12.0. The van der Waals surface area contributed by atoms with Gasteiger partial charge in [-0.2, -0.15) is 0 Å². The fourth-order valence-corrected chi connectivity index (χ4v) is 2.81. The number of rotatable bonds is 5. The van der Waals surface area contributed by atoms with Gasteiger partial charge in [-0.05, 0) is 45.0 Å². The van der Waals surface area contributed by atoms with Crippen molar-refractivity contribution < 1.29 is 9.53 Å². The van der Waals surface area contributed by atoms with Gasteiger partial charge in [0.05, 0.1) is 35.6 Å². The van der Waals surface area contributed by atoms with Crippen molar-refractivity contribution in [2.24, 2.45) is 0 Å². The summed E-state index contributed by atoms with van der Waals surface area (Å²) in [5.74, 6) is 0. The van der Waals surface area contributed by atoms with Crippen molar-refractivity contribution in [2.45, 2.75) is 20.3 Å². The van der Waals surface area contributed by atoms with Crippen LogP contribution in [-0.2, 0) is 4.74 Å². The molecule has 2 N–H and O–H groups in total. The van der Waals surface area contributed by atoms with Crippen molar-refractivity contribution >= 4 is 22.8 Å². The quantitative estimate of drug-likeness (QED) is 0.813. The molecular formula is C18H25N5O2. The number of urea groups is 1. The number of carbonyl (C=O) groups excluding carboxylic acids is 1. The van der Waals surface area contributed by atoms with Gasteiger partial charge in [0.1, 0.15) is 0 Å². The van der Waals surface area contributed by atoms with Crippen LogP contribution >= 0.6 is 0 Å². The van der Waals surface area contributed by atoms with Crippen molar-refractivity contribution in [1.29, 1.82) is 0 Å². The smallest absolute Gasteiger partial charge is 0.319 e. The molecule has 25 heavy (non-hydrogen) atoms. The Labute approximate surface area is 147 Å². The molecule has 3 rings (SSSR count). The zero-order valence-electron chi connectivity index (χ0n) is 14.8. The van der Waals surface area contributed by atoms with E-state index in [1.807, 2.05) is 32.0 Å². The van der Waals surface area contributed by atoms with Crippen LogP contribution in [0.25, 0.3) is 11.0 Å². The van der Waals surface area contributed by atoms with Gasteiger partial charge in [-0.3, -0.25) is 4.90 Å². The Kier molecular flexibility index (Phi) is 5.78. The molecule has 1 aromatic heterocycles. The molecule has 7 heteroatoms. The highest BCUT2D eigenvalue weighted by Crippen LogP contribution is 2.17. The van der Waals surface area contributed by atoms with Crippen molar-refractivity contribution in [1.82, 2.24) is 20.2 Å². The molecule has 1 aliphatic rings. The predicted molar refractivity (Wildman–Crippen MR) is 97.9 cm³/mol. The first kappa shape index (κ1) is 17.6. The molecule has 0 spiro atoms. The van der Waals surface area contributed by atoms with E-state index in [2.05, 4.69) is 25.5 Å². The number of nitrogens with one attached hydrogen (secondary N) is 2. The maximum atomic E-state index is 12.0. The highest BCUT2D eigenvalue weighted by molar-refractivity contribution is 5.91. The molecule has 0 bridgehead atoms. The molecule has 0 atom stereocenters. The lowest BCUT2D eigenvalue weighted by molar-refractivity contribution is 0.0375. The third-order valence-electron chi connectivity index (χ3n) is 4.37. The SMILES string of the molecule is Cc1nc2ccc(NC(=O)NCCCN3CCOCC3)cc2nc1C. The normalized spacial score (nSPS) is 15.3. The lowest BCUT2D eigenvalue weighted by Gasteiger charge is -2.26. The van der Waals surface area contributed by atoms with Crippen molar-refractivity contribution in [2.75, 3.05) is 44.7 Å². The number of morpholine rings is 1. The zero-order chi connectivity index (χ0) is 17.6. The van der Waals surface area contributed by atoms with E-state index in [9.17, 15) is 4.79 Å². The van der Waals surface area contributed by atoms with Crippen LogP contribution in [0.5, 0.6) is 0 Å². The topological polar surface area (TPSA) is 79.4 Å². The minimum Gasteiger partial charge on any atom is -0.379 e. The van der Waals surface area contributed by atoms with Gasteiger partial charge >= 0.3 is 6.03 Å². The van der Waals surface area contributed by atoms with E-state index in [4.69, 9.17) is 4.74 Å². The number of nitrogens with zero attached hydrogens (tertiary/aromatic N) is 3. The molecule has 7 nitrogen and oxygen atoms in total. The van der Waals surface area contributed by atoms with Crippen LogP contribution in [0.2, 0.25) is 0 Å². The molecule has 2 heterocycles. The van der Waals surface area contributed by atoms with E-state index in [0.717, 1.165) is 67.4 Å². The summed E-state index contributed by atoms with van der Waals surface area (Å²) in [5, 5.41) is 5.75. The summed E-state index contributed by atoms with van der Waals surface area (Å²) < 4.78 is 5.32. The minimum atomic E-state index is -0.196. The third kappa shape index (κ3) is 4.87. The first-order valence-electron chi connectivity index (χ1n) is 8.72. The summed E-state index contributed by atoms with van der Waals surface area (Å²) in [6.07, 6.45) is 0.926. The second kappa shape index (κ2) is 8.22. The fourth-order valence-electron chi connectivity index (χ4n) is 2.81. The first-order chi connectivity index (χ1) is 12.1. The number of amides is 2. The molecule has 0 aliphatic carbocycles. The lowest BCUT2D eigenvalue weighted by Crippen LogP contribution is -2.38. The van der Waals surface area contributed by atoms with E-state index in [1.165, 1.54) is 0 Å². The Bertz CT molecular complexity index is 744. The summed E-state index contributed by atoms with van der Waals surface area (Å²) in [5.41, 5.74) is 4.16. The second-order valence-electron chi connectivity index (χ2n) is 6.29. The van der Waals surface area contributed by atoms with E-state index in [-0.39, 0.29) is 6.03 Å². The molecule has 1 fully saturated rings. The number of carbonyl (C=O) groups is 1. The van der Waals surface area contributed by atoms with Gasteiger partial charge in [-0.25, -0.2) is 14.8 Å². The fraction of sp³-hybridized carbons (Fsp3) is 0.500. The summed E-state index contributed by atoms with van der Waals surface area (Å²) in [4.78, 5) is 23.4. The van der Waals surface area contributed by atoms with Gasteiger partial charge in [0.15, 0.2) is 0 Å². The Morgan fingerprint density at radius 1 is 1.16 bits per heavy atom. The Balaban J connectivity index is 1.47. The van der Waals surface area contributed by atoms with Gasteiger partial charge < -0.3 is 15.4 Å². The second-order valence-corrected chi connectivity index (χ2v) is 6.29. The molecule has 0 radical (unpaired) electrons. The zero-order valence-corrected chi connectivity index (χ0v) is 14.8. The van der Waals surface area contributed by atoms with Gasteiger partial charge in [-0.1, -0.05) is 0 Å². The van der Waals surface area contributed by atoms with E-state index in [0.29, 0.717) is 6.54 Å². The summed E-state index contributed by atoms with van der Waals surface area (Å²) in [6.45, 7) is 9.06. The third-order valence-corrected chi connectivity index (χ3v) is 4.37. The van der Waals surface area contributed by atoms with Gasteiger partial charge in [-0.15, -0.1) is 0 Å². The number of ether oxygens (including phenoxy) is 1. The highest BCUT2D eigenvalue weighted by atomic mass is 16.5. The van der Waals surface area contributed by atoms with Gasteiger partial charge in [0.25, 0.3) is 0 Å². The summed E-state index contributed by atoms with van der Waals surface area (Å²) in [6, 6.07) is 5.38. The predicted octanol–water partition coefficient (Wildman–Crippen LogP) is 2.09. The molecule has 0 saturated carbocycles. The maximum Gasteiger partial charge on any atom is 0.319 e. The van der Waals surface area contributed by atoms with Crippen molar-refractivity contribution in [3.8, 4) is 0 Å². The number of benzene rings is 1. The Morgan fingerprint density at radius 2 is 1.88 bits per heavy atom. The largest absolute Gasteiger partial charge is 0.379 e. The average molecular weight is 343 g/mol. The Morgan fingerprint density at radius 3 is 2.64 bits per heavy atom.